The third-order valence-electron chi connectivity index (χ3n) is 12.0. The molecule has 0 spiro atoms. The Morgan fingerprint density at radius 2 is 0.476 bits per heavy atom. The lowest BCUT2D eigenvalue weighted by Crippen LogP contribution is -3.00. The Bertz CT molecular complexity index is 3480. The first kappa shape index (κ1) is 67.2. The summed E-state index contributed by atoms with van der Waals surface area (Å²) in [6.45, 7) is 3.86. The van der Waals surface area contributed by atoms with Gasteiger partial charge in [0.2, 0.25) is 34.5 Å². The summed E-state index contributed by atoms with van der Waals surface area (Å²) in [5.41, 5.74) is 4.99. The van der Waals surface area contributed by atoms with E-state index < -0.39 is 34.5 Å². The zero-order valence-electron chi connectivity index (χ0n) is 44.1. The molecule has 20 heteroatoms. The highest BCUT2D eigenvalue weighted by Crippen LogP contribution is 2.55. The summed E-state index contributed by atoms with van der Waals surface area (Å²) in [4.78, 5) is 0. The SMILES string of the molecule is CCO.CCO.C[n+]1ccc(-c2cc[n+](C)cc2)cc1.Oc1c(Br)cc2ccccc2c1-c1c(O)c(Br)cc2ccccc12.Oc1c(Br)cc2ccccc2c1-c1c(O)c(Br)cc2ccccc12.Oc1c(O)c(O)c(O)c(O)c1O.[Cl-].[Cl-]. The second-order valence-electron chi connectivity index (χ2n) is 17.4. The van der Waals surface area contributed by atoms with Crippen LogP contribution in [0, 0.1) is 0 Å². The van der Waals surface area contributed by atoms with Crippen LogP contribution >= 0.6 is 63.7 Å². The second-order valence-corrected chi connectivity index (χ2v) is 20.9. The van der Waals surface area contributed by atoms with E-state index in [4.69, 9.17) is 40.9 Å². The van der Waals surface area contributed by atoms with Crippen molar-refractivity contribution in [3.63, 3.8) is 0 Å². The maximum Gasteiger partial charge on any atom is 0.208 e. The Morgan fingerprint density at radius 3 is 0.659 bits per heavy atom. The van der Waals surface area contributed by atoms with Crippen LogP contribution in [0.1, 0.15) is 13.8 Å². The van der Waals surface area contributed by atoms with Crippen LogP contribution in [0.5, 0.6) is 57.5 Å². The molecule has 14 nitrogen and oxygen atoms in total. The fourth-order valence-corrected chi connectivity index (χ4v) is 10.1. The van der Waals surface area contributed by atoms with Gasteiger partial charge < -0.3 is 86.1 Å². The lowest BCUT2D eigenvalue weighted by atomic mass is 9.92. The van der Waals surface area contributed by atoms with E-state index >= 15 is 0 Å². The predicted molar refractivity (Wildman–Crippen MR) is 327 cm³/mol. The quantitative estimate of drug-likeness (QED) is 0.0456. The van der Waals surface area contributed by atoms with Gasteiger partial charge in [-0.25, -0.2) is 9.13 Å². The van der Waals surface area contributed by atoms with Crippen LogP contribution in [0.3, 0.4) is 0 Å². The molecule has 11 aromatic rings. The Kier molecular flexibility index (Phi) is 25.2. The molecule has 0 radical (unpaired) electrons. The van der Waals surface area contributed by atoms with E-state index in [-0.39, 0.29) is 61.0 Å². The Morgan fingerprint density at radius 1 is 0.305 bits per heavy atom. The lowest BCUT2D eigenvalue weighted by Gasteiger charge is -2.16. The van der Waals surface area contributed by atoms with Crippen LogP contribution in [-0.2, 0) is 14.1 Å². The fourth-order valence-electron chi connectivity index (χ4n) is 8.28. The first-order valence-electron chi connectivity index (χ1n) is 24.3. The average Bonchev–Trinajstić information content (AvgIpc) is 3.65. The van der Waals surface area contributed by atoms with Crippen molar-refractivity contribution in [3.05, 3.63) is 188 Å². The molecule has 12 N–H and O–H groups in total. The molecule has 0 fully saturated rings. The van der Waals surface area contributed by atoms with E-state index in [1.807, 2.05) is 145 Å². The molecule has 428 valence electrons. The number of aryl methyl sites for hydroxylation is 2. The van der Waals surface area contributed by atoms with E-state index in [0.29, 0.717) is 40.1 Å². The summed E-state index contributed by atoms with van der Waals surface area (Å²) >= 11 is 13.7. The highest BCUT2D eigenvalue weighted by Gasteiger charge is 2.24. The highest BCUT2D eigenvalue weighted by molar-refractivity contribution is 9.11. The molecule has 0 unspecified atom stereocenters. The van der Waals surface area contributed by atoms with Crippen molar-refractivity contribution in [2.75, 3.05) is 13.2 Å². The number of aromatic hydroxyl groups is 10. The number of halogens is 6. The molecule has 0 amide bonds. The highest BCUT2D eigenvalue weighted by atomic mass is 79.9. The number of phenolic OH excluding ortho intramolecular Hbond substituents is 10. The summed E-state index contributed by atoms with van der Waals surface area (Å²) < 4.78 is 6.46. The first-order chi connectivity index (χ1) is 38.2. The van der Waals surface area contributed by atoms with Crippen LogP contribution < -0.4 is 33.9 Å². The molecule has 11 rings (SSSR count). The molecule has 0 atom stereocenters. The van der Waals surface area contributed by atoms with Crippen molar-refractivity contribution in [1.29, 1.82) is 0 Å². The van der Waals surface area contributed by atoms with Crippen LogP contribution in [0.2, 0.25) is 0 Å². The van der Waals surface area contributed by atoms with Gasteiger partial charge in [0.1, 0.15) is 37.1 Å². The molecule has 0 aliphatic rings. The topological polar surface area (TPSA) is 251 Å². The van der Waals surface area contributed by atoms with E-state index in [9.17, 15) is 20.4 Å². The molecular formula is C62H56Br4Cl2N2O12. The van der Waals surface area contributed by atoms with Crippen molar-refractivity contribution in [2.24, 2.45) is 14.1 Å². The molecule has 9 aromatic carbocycles. The standard InChI is InChI=1S/2C20H12Br2O2.C12H14N2.C6H6O6.2C2H6O.2ClH/c2*21-15-9-11-5-1-3-7-13(11)17(19(15)23)18-14-8-4-2-6-12(14)10-16(22)20(18)24;1-13-7-3-11(4-8-13)12-5-9-14(2)10-6-12;7-1-2(8)4(10)6(12)5(11)3(1)9;2*1-2-3;;/h2*1-10,23-24H;3-10H,1-2H3;7-12H;2*3H,2H2,1H3;2*1H/q;;+2;;;;;/p-2. The minimum absolute atomic E-state index is 0. The van der Waals surface area contributed by atoms with Crippen molar-refractivity contribution < 1.29 is 95.2 Å². The summed E-state index contributed by atoms with van der Waals surface area (Å²) in [5, 5.41) is 118. The summed E-state index contributed by atoms with van der Waals surface area (Å²) in [7, 11) is 4.05. The van der Waals surface area contributed by atoms with Crippen LogP contribution in [0.4, 0.5) is 0 Å². The number of aliphatic hydroxyl groups is 2. The van der Waals surface area contributed by atoms with E-state index in [0.717, 1.165) is 43.1 Å². The Balaban J connectivity index is 0.000000234. The number of nitrogens with zero attached hydrogens (tertiary/aromatic N) is 2. The third-order valence-corrected chi connectivity index (χ3v) is 14.5. The van der Waals surface area contributed by atoms with E-state index in [1.54, 1.807) is 13.8 Å². The van der Waals surface area contributed by atoms with Gasteiger partial charge in [-0.05, 0) is 156 Å². The average molecular weight is 1410 g/mol. The van der Waals surface area contributed by atoms with Crippen LogP contribution in [0.15, 0.2) is 188 Å². The molecule has 82 heavy (non-hydrogen) atoms. The van der Waals surface area contributed by atoms with Crippen molar-refractivity contribution in [3.8, 4) is 90.9 Å². The van der Waals surface area contributed by atoms with Gasteiger partial charge in [0.05, 0.1) is 17.9 Å². The van der Waals surface area contributed by atoms with Crippen molar-refractivity contribution in [2.45, 2.75) is 13.8 Å². The minimum Gasteiger partial charge on any atom is -1.00 e. The summed E-state index contributed by atoms with van der Waals surface area (Å²) in [5.74, 6) is -6.10. The summed E-state index contributed by atoms with van der Waals surface area (Å²) in [6.07, 6.45) is 8.23. The maximum atomic E-state index is 10.8. The van der Waals surface area contributed by atoms with Gasteiger partial charge >= 0.3 is 0 Å². The van der Waals surface area contributed by atoms with Gasteiger partial charge in [-0.2, -0.15) is 0 Å². The van der Waals surface area contributed by atoms with Gasteiger partial charge in [0, 0.05) is 59.7 Å². The molecule has 2 aromatic heterocycles. The second kappa shape index (κ2) is 30.7. The van der Waals surface area contributed by atoms with E-state index in [2.05, 4.69) is 113 Å². The number of hydrogen-bond donors (Lipinski definition) is 12. The van der Waals surface area contributed by atoms with Crippen molar-refractivity contribution in [1.82, 2.24) is 0 Å². The molecule has 0 bridgehead atoms. The molecule has 0 saturated carbocycles. The lowest BCUT2D eigenvalue weighted by molar-refractivity contribution is -0.671. The van der Waals surface area contributed by atoms with Gasteiger partial charge in [-0.15, -0.1) is 0 Å². The Hall–Kier alpha value is -7.26. The van der Waals surface area contributed by atoms with Gasteiger partial charge in [-0.1, -0.05) is 97.1 Å². The smallest absolute Gasteiger partial charge is 0.208 e. The third kappa shape index (κ3) is 15.2. The number of benzene rings is 9. The molecule has 2 heterocycles. The van der Waals surface area contributed by atoms with Crippen LogP contribution in [-0.4, -0.2) is 74.5 Å². The van der Waals surface area contributed by atoms with Gasteiger partial charge in [0.25, 0.3) is 0 Å². The zero-order chi connectivity index (χ0) is 58.5. The van der Waals surface area contributed by atoms with E-state index in [1.165, 1.54) is 11.1 Å². The number of fused-ring (bicyclic) bond motifs is 4. The number of hydrogen-bond acceptors (Lipinski definition) is 12. The molecule has 0 aliphatic heterocycles. The monoisotopic (exact) mass is 1410 g/mol. The van der Waals surface area contributed by atoms with Crippen molar-refractivity contribution >= 4 is 107 Å². The number of pyridine rings is 2. The zero-order valence-corrected chi connectivity index (χ0v) is 52.0. The number of aliphatic hydroxyl groups excluding tert-OH is 2. The normalized spacial score (nSPS) is 10.2. The fraction of sp³-hybridized carbons (Fsp3) is 0.0968. The first-order valence-corrected chi connectivity index (χ1v) is 27.5. The minimum atomic E-state index is -1.09. The van der Waals surface area contributed by atoms with Gasteiger partial charge in [-0.3, -0.25) is 0 Å². The Labute approximate surface area is 518 Å². The van der Waals surface area contributed by atoms with Gasteiger partial charge in [0.15, 0.2) is 24.8 Å². The van der Waals surface area contributed by atoms with Crippen LogP contribution in [0.25, 0.3) is 76.5 Å². The largest absolute Gasteiger partial charge is 1.00 e. The molecule has 0 aliphatic carbocycles. The summed E-state index contributed by atoms with van der Waals surface area (Å²) in [6, 6.07) is 47.3. The predicted octanol–water partition coefficient (Wildman–Crippen LogP) is 8.12. The molecular weight excluding hydrogens is 1360 g/mol. The molecule has 0 saturated heterocycles. The number of rotatable bonds is 3. The number of phenols is 10. The maximum absolute atomic E-state index is 10.8. The number of aromatic nitrogens is 2.